The van der Waals surface area contributed by atoms with Gasteiger partial charge in [-0.3, -0.25) is 9.89 Å². The molecule has 2 rings (SSSR count). The number of nitrogens with zero attached hydrogens (tertiary/aromatic N) is 3. The first-order chi connectivity index (χ1) is 10.6. The fourth-order valence-corrected chi connectivity index (χ4v) is 2.76. The second-order valence-electron chi connectivity index (χ2n) is 5.23. The molecule has 0 spiro atoms. The smallest absolute Gasteiger partial charge is 0.193 e. The van der Waals surface area contributed by atoms with Crippen molar-refractivity contribution in [3.63, 3.8) is 0 Å². The normalized spacial score (nSPS) is 16.0. The molecule has 1 saturated heterocycles. The molecule has 23 heavy (non-hydrogen) atoms. The van der Waals surface area contributed by atoms with Gasteiger partial charge in [-0.1, -0.05) is 12.1 Å². The Morgan fingerprint density at radius 2 is 2.09 bits per heavy atom. The first-order valence-corrected chi connectivity index (χ1v) is 8.16. The van der Waals surface area contributed by atoms with Crippen LogP contribution in [0, 0.1) is 5.82 Å². The van der Waals surface area contributed by atoms with Crippen LogP contribution in [0.5, 0.6) is 0 Å². The molecule has 128 valence electrons. The number of rotatable bonds is 4. The van der Waals surface area contributed by atoms with E-state index in [0.717, 1.165) is 44.2 Å². The molecule has 0 saturated carbocycles. The summed E-state index contributed by atoms with van der Waals surface area (Å²) in [7, 11) is 1.79. The third kappa shape index (κ3) is 6.04. The average molecular weight is 497 g/mol. The third-order valence-electron chi connectivity index (χ3n) is 3.68. The number of guanidine groups is 1. The van der Waals surface area contributed by atoms with Crippen molar-refractivity contribution in [3.05, 3.63) is 46.7 Å². The summed E-state index contributed by atoms with van der Waals surface area (Å²) >= 11 is 3.18. The van der Waals surface area contributed by atoms with E-state index in [-0.39, 0.29) is 29.8 Å². The van der Waals surface area contributed by atoms with Crippen molar-refractivity contribution >= 4 is 45.9 Å². The largest absolute Gasteiger partial charge is 0.353 e. The van der Waals surface area contributed by atoms with Crippen molar-refractivity contribution < 1.29 is 4.39 Å². The minimum atomic E-state index is -0.204. The molecule has 1 N–H and O–H groups in total. The lowest BCUT2D eigenvalue weighted by atomic mass is 10.2. The first kappa shape index (κ1) is 20.4. The number of aliphatic imine (C=N–C) groups is 1. The van der Waals surface area contributed by atoms with Gasteiger partial charge >= 0.3 is 0 Å². The summed E-state index contributed by atoms with van der Waals surface area (Å²) in [5, 5.41) is 3.25. The van der Waals surface area contributed by atoms with Crippen LogP contribution in [0.1, 0.15) is 5.56 Å². The molecule has 1 aliphatic rings. The fraction of sp³-hybridized carbons (Fsp3) is 0.438. The maximum Gasteiger partial charge on any atom is 0.193 e. The van der Waals surface area contributed by atoms with E-state index in [9.17, 15) is 4.39 Å². The first-order valence-electron chi connectivity index (χ1n) is 7.37. The Morgan fingerprint density at radius 1 is 1.39 bits per heavy atom. The summed E-state index contributed by atoms with van der Waals surface area (Å²) in [6.45, 7) is 8.89. The van der Waals surface area contributed by atoms with Gasteiger partial charge in [-0.05, 0) is 33.6 Å². The van der Waals surface area contributed by atoms with Crippen LogP contribution in [0.2, 0.25) is 0 Å². The Morgan fingerprint density at radius 3 is 2.65 bits per heavy atom. The summed E-state index contributed by atoms with van der Waals surface area (Å²) in [4.78, 5) is 8.86. The Hall–Kier alpha value is -0.670. The molecule has 7 heteroatoms. The molecular formula is C16H23BrFIN4. The van der Waals surface area contributed by atoms with Crippen LogP contribution in [0.25, 0.3) is 0 Å². The topological polar surface area (TPSA) is 30.9 Å². The summed E-state index contributed by atoms with van der Waals surface area (Å²) < 4.78 is 14.1. The lowest BCUT2D eigenvalue weighted by Crippen LogP contribution is -2.52. The van der Waals surface area contributed by atoms with Gasteiger partial charge < -0.3 is 10.2 Å². The molecule has 0 aliphatic carbocycles. The van der Waals surface area contributed by atoms with Gasteiger partial charge in [-0.25, -0.2) is 4.39 Å². The fourth-order valence-electron chi connectivity index (χ4n) is 2.51. The molecule has 0 amide bonds. The zero-order valence-corrected chi connectivity index (χ0v) is 17.2. The van der Waals surface area contributed by atoms with E-state index in [0.29, 0.717) is 11.0 Å². The highest BCUT2D eigenvalue weighted by Gasteiger charge is 2.19. The van der Waals surface area contributed by atoms with E-state index < -0.39 is 0 Å². The van der Waals surface area contributed by atoms with Gasteiger partial charge in [-0.15, -0.1) is 30.6 Å². The maximum absolute atomic E-state index is 13.6. The van der Waals surface area contributed by atoms with Crippen LogP contribution in [0.4, 0.5) is 4.39 Å². The minimum absolute atomic E-state index is 0. The third-order valence-corrected chi connectivity index (χ3v) is 4.32. The van der Waals surface area contributed by atoms with E-state index in [1.165, 1.54) is 0 Å². The van der Waals surface area contributed by atoms with E-state index in [1.54, 1.807) is 19.2 Å². The molecule has 0 bridgehead atoms. The van der Waals surface area contributed by atoms with Gasteiger partial charge in [0.25, 0.3) is 0 Å². The van der Waals surface area contributed by atoms with Gasteiger partial charge in [0.15, 0.2) is 5.96 Å². The zero-order chi connectivity index (χ0) is 15.9. The molecule has 1 fully saturated rings. The van der Waals surface area contributed by atoms with Gasteiger partial charge in [-0.2, -0.15) is 0 Å². The van der Waals surface area contributed by atoms with E-state index in [1.807, 2.05) is 12.1 Å². The Kier molecular flexibility index (Phi) is 9.08. The number of hydrogen-bond donors (Lipinski definition) is 1. The summed E-state index contributed by atoms with van der Waals surface area (Å²) in [5.74, 6) is 0.708. The van der Waals surface area contributed by atoms with Crippen molar-refractivity contribution in [2.75, 3.05) is 39.8 Å². The van der Waals surface area contributed by atoms with Crippen LogP contribution < -0.4 is 5.32 Å². The van der Waals surface area contributed by atoms with Gasteiger partial charge in [0, 0.05) is 46.3 Å². The van der Waals surface area contributed by atoms with Crippen LogP contribution in [0.3, 0.4) is 0 Å². The molecule has 1 aromatic rings. The average Bonchev–Trinajstić information content (AvgIpc) is 2.53. The number of piperazine rings is 1. The predicted molar refractivity (Wildman–Crippen MR) is 108 cm³/mol. The minimum Gasteiger partial charge on any atom is -0.353 e. The number of halogens is 3. The maximum atomic E-state index is 13.6. The SMILES string of the molecule is C=CCNC(=NC)N1CCN(Cc2ccc(Br)c(F)c2)CC1.I. The van der Waals surface area contributed by atoms with Crippen LogP contribution in [0.15, 0.2) is 40.3 Å². The highest BCUT2D eigenvalue weighted by Crippen LogP contribution is 2.18. The quantitative estimate of drug-likeness (QED) is 0.301. The molecule has 4 nitrogen and oxygen atoms in total. The molecular weight excluding hydrogens is 474 g/mol. The van der Waals surface area contributed by atoms with Crippen LogP contribution in [-0.4, -0.2) is 55.5 Å². The van der Waals surface area contributed by atoms with Crippen molar-refractivity contribution in [1.29, 1.82) is 0 Å². The van der Waals surface area contributed by atoms with E-state index in [2.05, 4.69) is 42.6 Å². The monoisotopic (exact) mass is 496 g/mol. The second-order valence-corrected chi connectivity index (χ2v) is 6.08. The molecule has 0 atom stereocenters. The predicted octanol–water partition coefficient (Wildman–Crippen LogP) is 3.09. The standard InChI is InChI=1S/C16H22BrFN4.HI/c1-3-6-20-16(19-2)22-9-7-21(8-10-22)12-13-4-5-14(17)15(18)11-13;/h3-5,11H,1,6-10,12H2,2H3,(H,19,20);1H. The molecule has 1 aromatic carbocycles. The molecule has 1 heterocycles. The Balaban J connectivity index is 0.00000264. The van der Waals surface area contributed by atoms with Crippen LogP contribution >= 0.6 is 39.9 Å². The molecule has 1 aliphatic heterocycles. The molecule has 0 unspecified atom stereocenters. The second kappa shape index (κ2) is 10.2. The van der Waals surface area contributed by atoms with Gasteiger partial charge in [0.1, 0.15) is 5.82 Å². The highest BCUT2D eigenvalue weighted by atomic mass is 127. The Labute approximate surface area is 163 Å². The summed E-state index contributed by atoms with van der Waals surface area (Å²) in [6.07, 6.45) is 1.82. The molecule has 0 aromatic heterocycles. The van der Waals surface area contributed by atoms with Crippen molar-refractivity contribution in [3.8, 4) is 0 Å². The summed E-state index contributed by atoms with van der Waals surface area (Å²) in [6, 6.07) is 5.33. The van der Waals surface area contributed by atoms with E-state index in [4.69, 9.17) is 0 Å². The number of nitrogens with one attached hydrogen (secondary N) is 1. The number of benzene rings is 1. The van der Waals surface area contributed by atoms with Crippen molar-refractivity contribution in [2.24, 2.45) is 4.99 Å². The Bertz CT molecular complexity index is 545. The van der Waals surface area contributed by atoms with Gasteiger partial charge in [0.2, 0.25) is 0 Å². The van der Waals surface area contributed by atoms with Crippen molar-refractivity contribution in [1.82, 2.24) is 15.1 Å². The lowest BCUT2D eigenvalue weighted by molar-refractivity contribution is 0.172. The van der Waals surface area contributed by atoms with Crippen molar-refractivity contribution in [2.45, 2.75) is 6.54 Å². The zero-order valence-electron chi connectivity index (χ0n) is 13.3. The highest BCUT2D eigenvalue weighted by molar-refractivity contribution is 14.0. The lowest BCUT2D eigenvalue weighted by Gasteiger charge is -2.36. The summed E-state index contributed by atoms with van der Waals surface area (Å²) in [5.41, 5.74) is 1.00. The number of hydrogen-bond acceptors (Lipinski definition) is 2. The van der Waals surface area contributed by atoms with Crippen LogP contribution in [-0.2, 0) is 6.54 Å². The molecule has 0 radical (unpaired) electrons. The van der Waals surface area contributed by atoms with Gasteiger partial charge in [0.05, 0.1) is 4.47 Å². The van der Waals surface area contributed by atoms with E-state index >= 15 is 0 Å².